The van der Waals surface area contributed by atoms with Crippen molar-refractivity contribution in [2.24, 2.45) is 0 Å². The Bertz CT molecular complexity index is 1050. The van der Waals surface area contributed by atoms with Crippen molar-refractivity contribution in [3.8, 4) is 0 Å². The minimum atomic E-state index is -0.962. The number of hydrogen-bond acceptors (Lipinski definition) is 5. The van der Waals surface area contributed by atoms with Crippen LogP contribution in [0.25, 0.3) is 10.9 Å². The minimum Gasteiger partial charge on any atom is -0.616 e. The van der Waals surface area contributed by atoms with Gasteiger partial charge < -0.3 is 20.1 Å². The highest BCUT2D eigenvalue weighted by atomic mass is 32.2. The van der Waals surface area contributed by atoms with Gasteiger partial charge in [-0.2, -0.15) is 0 Å². The van der Waals surface area contributed by atoms with Crippen LogP contribution in [0.4, 0.5) is 15.9 Å². The number of nitrogens with zero attached hydrogens (tertiary/aromatic N) is 2. The van der Waals surface area contributed by atoms with Crippen LogP contribution in [0.3, 0.4) is 0 Å². The molecule has 2 unspecified atom stereocenters. The fourth-order valence-corrected chi connectivity index (χ4v) is 5.55. The first-order chi connectivity index (χ1) is 14.6. The molecule has 1 saturated heterocycles. The summed E-state index contributed by atoms with van der Waals surface area (Å²) in [6, 6.07) is 7.86. The van der Waals surface area contributed by atoms with Gasteiger partial charge in [0.2, 0.25) is 0 Å². The van der Waals surface area contributed by atoms with Crippen molar-refractivity contribution < 1.29 is 8.94 Å². The Kier molecular flexibility index (Phi) is 5.26. The Morgan fingerprint density at radius 2 is 2.17 bits per heavy atom. The lowest BCUT2D eigenvalue weighted by atomic mass is 10.1. The van der Waals surface area contributed by atoms with Crippen LogP contribution in [-0.2, 0) is 11.2 Å². The molecule has 1 aromatic heterocycles. The SMILES string of the molecule is Cc1ccc2nc(N3C=C4C=CC=CC4[S+]([O-])CC3)cc(N[C@H]3CNC[C@@H]3F)c2c1. The second-order valence-corrected chi connectivity index (χ2v) is 9.72. The second kappa shape index (κ2) is 8.06. The van der Waals surface area contributed by atoms with Gasteiger partial charge in [0.15, 0.2) is 5.25 Å². The van der Waals surface area contributed by atoms with Crippen molar-refractivity contribution in [3.63, 3.8) is 0 Å². The third kappa shape index (κ3) is 3.73. The molecule has 3 heterocycles. The summed E-state index contributed by atoms with van der Waals surface area (Å²) < 4.78 is 27.0. The number of allylic oxidation sites excluding steroid dienone is 3. The van der Waals surface area contributed by atoms with E-state index >= 15 is 0 Å². The fourth-order valence-electron chi connectivity index (χ4n) is 4.21. The second-order valence-electron chi connectivity index (χ2n) is 8.05. The molecule has 1 aliphatic carbocycles. The predicted octanol–water partition coefficient (Wildman–Crippen LogP) is 3.21. The molecule has 2 aromatic rings. The molecule has 7 heteroatoms. The van der Waals surface area contributed by atoms with E-state index in [-0.39, 0.29) is 11.3 Å². The summed E-state index contributed by atoms with van der Waals surface area (Å²) in [6.07, 6.45) is 9.07. The highest BCUT2D eigenvalue weighted by Crippen LogP contribution is 2.32. The Labute approximate surface area is 178 Å². The number of aromatic nitrogens is 1. The van der Waals surface area contributed by atoms with Crippen LogP contribution in [0.1, 0.15) is 5.56 Å². The van der Waals surface area contributed by atoms with Crippen LogP contribution in [0.5, 0.6) is 0 Å². The third-order valence-electron chi connectivity index (χ3n) is 5.86. The molecule has 2 N–H and O–H groups in total. The molecule has 1 aromatic carbocycles. The summed E-state index contributed by atoms with van der Waals surface area (Å²) in [4.78, 5) is 6.96. The molecule has 4 atom stereocenters. The zero-order valence-corrected chi connectivity index (χ0v) is 17.7. The molecule has 0 radical (unpaired) electrons. The third-order valence-corrected chi connectivity index (χ3v) is 7.44. The van der Waals surface area contributed by atoms with Crippen molar-refractivity contribution in [2.75, 3.05) is 35.6 Å². The van der Waals surface area contributed by atoms with Crippen LogP contribution in [0, 0.1) is 6.92 Å². The zero-order valence-electron chi connectivity index (χ0n) is 16.8. The van der Waals surface area contributed by atoms with Gasteiger partial charge in [-0.3, -0.25) is 0 Å². The van der Waals surface area contributed by atoms with Gasteiger partial charge >= 0.3 is 0 Å². The number of benzene rings is 1. The molecule has 2 aliphatic heterocycles. The zero-order chi connectivity index (χ0) is 20.7. The maximum Gasteiger partial charge on any atom is 0.160 e. The first-order valence-electron chi connectivity index (χ1n) is 10.3. The van der Waals surface area contributed by atoms with Crippen molar-refractivity contribution >= 4 is 33.6 Å². The van der Waals surface area contributed by atoms with E-state index in [9.17, 15) is 8.94 Å². The van der Waals surface area contributed by atoms with E-state index in [1.54, 1.807) is 0 Å². The molecular weight excluding hydrogens is 399 g/mol. The van der Waals surface area contributed by atoms with Crippen LogP contribution in [0.15, 0.2) is 60.3 Å². The average molecular weight is 425 g/mol. The molecule has 5 nitrogen and oxygen atoms in total. The lowest BCUT2D eigenvalue weighted by molar-refractivity contribution is 0.343. The van der Waals surface area contributed by atoms with Crippen molar-refractivity contribution in [2.45, 2.75) is 24.4 Å². The molecule has 3 aliphatic rings. The first kappa shape index (κ1) is 19.6. The highest BCUT2D eigenvalue weighted by Gasteiger charge is 2.30. The van der Waals surface area contributed by atoms with Gasteiger partial charge in [-0.05, 0) is 36.3 Å². The first-order valence-corrected chi connectivity index (χ1v) is 11.7. The highest BCUT2D eigenvalue weighted by molar-refractivity contribution is 7.92. The summed E-state index contributed by atoms with van der Waals surface area (Å²) in [5.74, 6) is 1.35. The van der Waals surface area contributed by atoms with Crippen molar-refractivity contribution in [1.29, 1.82) is 0 Å². The lowest BCUT2D eigenvalue weighted by Gasteiger charge is -2.22. The monoisotopic (exact) mass is 424 g/mol. The molecular formula is C23H25FN4OS. The van der Waals surface area contributed by atoms with E-state index in [0.29, 0.717) is 25.4 Å². The van der Waals surface area contributed by atoms with Crippen LogP contribution < -0.4 is 15.5 Å². The number of aryl methyl sites for hydroxylation is 1. The maximum atomic E-state index is 14.3. The van der Waals surface area contributed by atoms with Gasteiger partial charge in [-0.25, -0.2) is 9.37 Å². The summed E-state index contributed by atoms with van der Waals surface area (Å²) in [5.41, 5.74) is 3.91. The number of fused-ring (bicyclic) bond motifs is 2. The smallest absolute Gasteiger partial charge is 0.160 e. The fraction of sp³-hybridized carbons (Fsp3) is 0.348. The standard InChI is InChI=1S/C23H25FN4OS/c1-15-6-7-19-17(10-15)20(26-21-13-25-12-18(21)24)11-23(27-19)28-8-9-30(29)22-5-3-2-4-16(22)14-28/h2-7,10-11,14,18,21-22,25H,8-9,12-13H2,1H3,(H,26,27)/t18-,21-,22?,30?/m0/s1. The predicted molar refractivity (Wildman–Crippen MR) is 122 cm³/mol. The Hall–Kier alpha value is -2.35. The topological polar surface area (TPSA) is 63.2 Å². The molecule has 30 heavy (non-hydrogen) atoms. The molecule has 5 rings (SSSR count). The van der Waals surface area contributed by atoms with E-state index in [0.717, 1.165) is 33.5 Å². The number of anilines is 2. The Morgan fingerprint density at radius 3 is 3.00 bits per heavy atom. The summed E-state index contributed by atoms with van der Waals surface area (Å²) in [7, 11) is 0. The van der Waals surface area contributed by atoms with Gasteiger partial charge in [-0.1, -0.05) is 29.9 Å². The largest absolute Gasteiger partial charge is 0.616 e. The van der Waals surface area contributed by atoms with Gasteiger partial charge in [0, 0.05) is 42.0 Å². The number of rotatable bonds is 3. The normalized spacial score (nSPS) is 28.4. The molecule has 1 fully saturated rings. The molecule has 0 amide bonds. The maximum absolute atomic E-state index is 14.3. The van der Waals surface area contributed by atoms with E-state index < -0.39 is 17.3 Å². The number of pyridine rings is 1. The van der Waals surface area contributed by atoms with Crippen LogP contribution in [-0.4, -0.2) is 52.4 Å². The van der Waals surface area contributed by atoms with E-state index in [1.165, 1.54) is 0 Å². The summed E-state index contributed by atoms with van der Waals surface area (Å²) in [6.45, 7) is 3.63. The quantitative estimate of drug-likeness (QED) is 0.741. The van der Waals surface area contributed by atoms with E-state index in [1.807, 2.05) is 49.4 Å². The van der Waals surface area contributed by atoms with Gasteiger partial charge in [-0.15, -0.1) is 0 Å². The Morgan fingerprint density at radius 1 is 1.27 bits per heavy atom. The van der Waals surface area contributed by atoms with Gasteiger partial charge in [0.25, 0.3) is 0 Å². The molecule has 0 spiro atoms. The van der Waals surface area contributed by atoms with Gasteiger partial charge in [0.05, 0.1) is 18.1 Å². The number of alkyl halides is 1. The number of nitrogens with one attached hydrogen (secondary N) is 2. The average Bonchev–Trinajstić information content (AvgIpc) is 3.07. The minimum absolute atomic E-state index is 0.0717. The van der Waals surface area contributed by atoms with Crippen molar-refractivity contribution in [1.82, 2.24) is 10.3 Å². The van der Waals surface area contributed by atoms with E-state index in [2.05, 4.69) is 27.8 Å². The van der Waals surface area contributed by atoms with Gasteiger partial charge in [0.1, 0.15) is 17.7 Å². The summed E-state index contributed by atoms with van der Waals surface area (Å²) in [5, 5.41) is 7.43. The molecule has 0 saturated carbocycles. The number of hydrogen-bond donors (Lipinski definition) is 2. The molecule has 0 bridgehead atoms. The Balaban J connectivity index is 1.56. The van der Waals surface area contributed by atoms with Crippen molar-refractivity contribution in [3.05, 3.63) is 65.9 Å². The molecule has 156 valence electrons. The summed E-state index contributed by atoms with van der Waals surface area (Å²) >= 11 is -0.962. The lowest BCUT2D eigenvalue weighted by Crippen LogP contribution is -2.30. The number of halogens is 1. The van der Waals surface area contributed by atoms with Crippen LogP contribution in [0.2, 0.25) is 0 Å². The van der Waals surface area contributed by atoms with Crippen LogP contribution >= 0.6 is 0 Å². The van der Waals surface area contributed by atoms with E-state index in [4.69, 9.17) is 4.98 Å².